The van der Waals surface area contributed by atoms with E-state index in [2.05, 4.69) is 25.7 Å². The maximum atomic E-state index is 12.3. The first-order chi connectivity index (χ1) is 9.78. The molecule has 3 rings (SSSR count). The molecule has 1 amide bonds. The van der Waals surface area contributed by atoms with Gasteiger partial charge in [0.15, 0.2) is 0 Å². The monoisotopic (exact) mass is 268 g/mol. The lowest BCUT2D eigenvalue weighted by Crippen LogP contribution is -2.15. The summed E-state index contributed by atoms with van der Waals surface area (Å²) in [6.45, 7) is 0. The number of nitrogens with zero attached hydrogens (tertiary/aromatic N) is 2. The summed E-state index contributed by atoms with van der Waals surface area (Å²) in [5, 5.41) is 3.43. The van der Waals surface area contributed by atoms with Crippen LogP contribution in [-0.4, -0.2) is 20.9 Å². The average molecular weight is 268 g/mol. The van der Waals surface area contributed by atoms with Crippen LogP contribution in [0.4, 0.5) is 11.8 Å². The Balaban J connectivity index is 2.07. The van der Waals surface area contributed by atoms with Gasteiger partial charge in [-0.1, -0.05) is 18.2 Å². The third kappa shape index (κ3) is 2.17. The summed E-state index contributed by atoms with van der Waals surface area (Å²) < 4.78 is 0. The van der Waals surface area contributed by atoms with E-state index in [0.717, 1.165) is 5.39 Å². The SMILES string of the molecule is NNc1cc(C(=O)Nc2ncc[nH]2)c2ccccc2n1. The molecule has 100 valence electrons. The van der Waals surface area contributed by atoms with E-state index in [1.54, 1.807) is 18.5 Å². The number of fused-ring (bicyclic) bond motifs is 1. The van der Waals surface area contributed by atoms with Crippen molar-refractivity contribution in [2.24, 2.45) is 5.84 Å². The van der Waals surface area contributed by atoms with Crippen LogP contribution in [0.25, 0.3) is 10.9 Å². The minimum atomic E-state index is -0.282. The van der Waals surface area contributed by atoms with Crippen LogP contribution in [0.5, 0.6) is 0 Å². The fraction of sp³-hybridized carbons (Fsp3) is 0. The number of nitrogens with one attached hydrogen (secondary N) is 3. The number of para-hydroxylation sites is 1. The molecule has 0 atom stereocenters. The largest absolute Gasteiger partial charge is 0.331 e. The summed E-state index contributed by atoms with van der Waals surface area (Å²) in [7, 11) is 0. The van der Waals surface area contributed by atoms with Gasteiger partial charge in [-0.2, -0.15) is 0 Å². The number of hydrazine groups is 1. The van der Waals surface area contributed by atoms with E-state index in [1.165, 1.54) is 0 Å². The van der Waals surface area contributed by atoms with Crippen LogP contribution in [0.1, 0.15) is 10.4 Å². The zero-order valence-electron chi connectivity index (χ0n) is 10.4. The van der Waals surface area contributed by atoms with Crippen molar-refractivity contribution in [2.75, 3.05) is 10.7 Å². The third-order valence-corrected chi connectivity index (χ3v) is 2.84. The number of rotatable bonds is 3. The molecule has 0 fully saturated rings. The molecular weight excluding hydrogens is 256 g/mol. The topological polar surface area (TPSA) is 109 Å². The minimum absolute atomic E-state index is 0.282. The summed E-state index contributed by atoms with van der Waals surface area (Å²) in [5.41, 5.74) is 3.62. The highest BCUT2D eigenvalue weighted by atomic mass is 16.1. The lowest BCUT2D eigenvalue weighted by molar-refractivity contribution is 0.102. The van der Waals surface area contributed by atoms with E-state index in [0.29, 0.717) is 22.8 Å². The maximum Gasteiger partial charge on any atom is 0.258 e. The molecule has 0 saturated heterocycles. The molecule has 0 unspecified atom stereocenters. The second kappa shape index (κ2) is 4.98. The molecule has 2 aromatic heterocycles. The summed E-state index contributed by atoms with van der Waals surface area (Å²) in [5.74, 6) is 5.91. The Bertz CT molecular complexity index is 753. The molecule has 1 aromatic carbocycles. The number of nitrogens with two attached hydrogens (primary N) is 1. The van der Waals surface area contributed by atoms with Crippen LogP contribution < -0.4 is 16.6 Å². The van der Waals surface area contributed by atoms with Gasteiger partial charge in [0.25, 0.3) is 5.91 Å². The van der Waals surface area contributed by atoms with Crippen molar-refractivity contribution < 1.29 is 4.79 Å². The van der Waals surface area contributed by atoms with Crippen molar-refractivity contribution in [3.8, 4) is 0 Å². The molecule has 0 bridgehead atoms. The molecule has 0 radical (unpaired) electrons. The smallest absolute Gasteiger partial charge is 0.258 e. The summed E-state index contributed by atoms with van der Waals surface area (Å²) >= 11 is 0. The van der Waals surface area contributed by atoms with Gasteiger partial charge in [0.05, 0.1) is 11.1 Å². The number of nitrogen functional groups attached to an aromatic ring is 1. The minimum Gasteiger partial charge on any atom is -0.331 e. The van der Waals surface area contributed by atoms with Gasteiger partial charge in [-0.05, 0) is 12.1 Å². The number of hydrogen-bond donors (Lipinski definition) is 4. The van der Waals surface area contributed by atoms with Crippen molar-refractivity contribution in [1.82, 2.24) is 15.0 Å². The Morgan fingerprint density at radius 3 is 2.90 bits per heavy atom. The maximum absolute atomic E-state index is 12.3. The molecule has 0 aliphatic carbocycles. The van der Waals surface area contributed by atoms with Crippen molar-refractivity contribution in [2.45, 2.75) is 0 Å². The molecule has 2 heterocycles. The molecule has 5 N–H and O–H groups in total. The van der Waals surface area contributed by atoms with Crippen molar-refractivity contribution in [3.05, 3.63) is 48.3 Å². The normalized spacial score (nSPS) is 10.4. The first kappa shape index (κ1) is 12.1. The number of aromatic amines is 1. The Hall–Kier alpha value is -2.93. The summed E-state index contributed by atoms with van der Waals surface area (Å²) in [6.07, 6.45) is 3.19. The van der Waals surface area contributed by atoms with E-state index in [9.17, 15) is 4.79 Å². The third-order valence-electron chi connectivity index (χ3n) is 2.84. The second-order valence-electron chi connectivity index (χ2n) is 4.11. The number of anilines is 2. The fourth-order valence-corrected chi connectivity index (χ4v) is 1.95. The number of amides is 1. The number of imidazole rings is 1. The number of hydrogen-bond acceptors (Lipinski definition) is 5. The number of pyridine rings is 1. The first-order valence-electron chi connectivity index (χ1n) is 5.95. The number of carbonyl (C=O) groups is 1. The van der Waals surface area contributed by atoms with E-state index in [4.69, 9.17) is 5.84 Å². The number of aromatic nitrogens is 3. The molecule has 7 nitrogen and oxygen atoms in total. The highest BCUT2D eigenvalue weighted by molar-refractivity contribution is 6.12. The van der Waals surface area contributed by atoms with Crippen LogP contribution in [0.15, 0.2) is 42.7 Å². The van der Waals surface area contributed by atoms with Crippen molar-refractivity contribution in [3.63, 3.8) is 0 Å². The highest BCUT2D eigenvalue weighted by Gasteiger charge is 2.13. The zero-order chi connectivity index (χ0) is 13.9. The van der Waals surface area contributed by atoms with Crippen LogP contribution in [0.3, 0.4) is 0 Å². The van der Waals surface area contributed by atoms with Crippen LogP contribution in [0, 0.1) is 0 Å². The second-order valence-corrected chi connectivity index (χ2v) is 4.11. The van der Waals surface area contributed by atoms with Gasteiger partial charge in [0.1, 0.15) is 5.82 Å². The first-order valence-corrected chi connectivity index (χ1v) is 5.95. The van der Waals surface area contributed by atoms with Crippen LogP contribution >= 0.6 is 0 Å². The van der Waals surface area contributed by atoms with Gasteiger partial charge in [0, 0.05) is 17.8 Å². The molecule has 0 saturated carbocycles. The van der Waals surface area contributed by atoms with Gasteiger partial charge >= 0.3 is 0 Å². The van der Waals surface area contributed by atoms with Crippen LogP contribution in [0.2, 0.25) is 0 Å². The Morgan fingerprint density at radius 1 is 1.30 bits per heavy atom. The van der Waals surface area contributed by atoms with Gasteiger partial charge in [-0.25, -0.2) is 15.8 Å². The molecule has 0 aliphatic heterocycles. The predicted octanol–water partition coefficient (Wildman–Crippen LogP) is 1.50. The summed E-state index contributed by atoms with van der Waals surface area (Å²) in [6, 6.07) is 8.95. The lowest BCUT2D eigenvalue weighted by atomic mass is 10.1. The van der Waals surface area contributed by atoms with Gasteiger partial charge in [-0.15, -0.1) is 0 Å². The van der Waals surface area contributed by atoms with Crippen molar-refractivity contribution in [1.29, 1.82) is 0 Å². The van der Waals surface area contributed by atoms with Crippen LogP contribution in [-0.2, 0) is 0 Å². The molecule has 0 aliphatic rings. The zero-order valence-corrected chi connectivity index (χ0v) is 10.4. The van der Waals surface area contributed by atoms with E-state index in [-0.39, 0.29) is 5.91 Å². The number of carbonyl (C=O) groups excluding carboxylic acids is 1. The molecule has 7 heteroatoms. The fourth-order valence-electron chi connectivity index (χ4n) is 1.95. The average Bonchev–Trinajstić information content (AvgIpc) is 2.98. The molecule has 20 heavy (non-hydrogen) atoms. The Kier molecular flexibility index (Phi) is 3.02. The summed E-state index contributed by atoms with van der Waals surface area (Å²) in [4.78, 5) is 23.4. The molecule has 0 spiro atoms. The van der Waals surface area contributed by atoms with Gasteiger partial charge in [-0.3, -0.25) is 10.1 Å². The Labute approximate surface area is 114 Å². The van der Waals surface area contributed by atoms with Crippen molar-refractivity contribution >= 4 is 28.6 Å². The molecular formula is C13H12N6O. The lowest BCUT2D eigenvalue weighted by Gasteiger charge is -2.08. The van der Waals surface area contributed by atoms with E-state index in [1.807, 2.05) is 24.3 Å². The number of H-pyrrole nitrogens is 1. The highest BCUT2D eigenvalue weighted by Crippen LogP contribution is 2.21. The van der Waals surface area contributed by atoms with E-state index >= 15 is 0 Å². The Morgan fingerprint density at radius 2 is 2.15 bits per heavy atom. The quantitative estimate of drug-likeness (QED) is 0.425. The predicted molar refractivity (Wildman–Crippen MR) is 76.1 cm³/mol. The van der Waals surface area contributed by atoms with Gasteiger partial charge < -0.3 is 10.4 Å². The molecule has 3 aromatic rings. The standard InChI is InChI=1S/C13H12N6O/c14-19-11-7-9(8-3-1-2-4-10(8)17-11)12(20)18-13-15-5-6-16-13/h1-7H,14H2,(H,17,19)(H2,15,16,18,20). The van der Waals surface area contributed by atoms with Gasteiger partial charge in [0.2, 0.25) is 5.95 Å². The number of benzene rings is 1. The van der Waals surface area contributed by atoms with E-state index < -0.39 is 0 Å².